The molecule has 0 rings (SSSR count). The molecular weight excluding hydrogens is 150 g/mol. The summed E-state index contributed by atoms with van der Waals surface area (Å²) >= 11 is 0. The Balaban J connectivity index is 3.57. The third-order valence-electron chi connectivity index (χ3n) is 1.62. The van der Waals surface area contributed by atoms with E-state index in [1.54, 1.807) is 0 Å². The van der Waals surface area contributed by atoms with Gasteiger partial charge in [0.15, 0.2) is 0 Å². The third kappa shape index (κ3) is 5.70. The summed E-state index contributed by atoms with van der Waals surface area (Å²) in [5.41, 5.74) is 0. The van der Waals surface area contributed by atoms with Gasteiger partial charge in [0.05, 0.1) is 12.1 Å². The van der Waals surface area contributed by atoms with Crippen molar-refractivity contribution in [3.05, 3.63) is 0 Å². The fourth-order valence-corrected chi connectivity index (χ4v) is 1.07. The summed E-state index contributed by atoms with van der Waals surface area (Å²) in [5.74, 6) is 0. The SMILES string of the molecule is CCCN(CCC#N)CCC#N. The number of nitriles is 2. The van der Waals surface area contributed by atoms with Crippen LogP contribution in [0.5, 0.6) is 0 Å². The van der Waals surface area contributed by atoms with Gasteiger partial charge in [0.2, 0.25) is 0 Å². The molecule has 3 nitrogen and oxygen atoms in total. The van der Waals surface area contributed by atoms with Crippen LogP contribution in [0.15, 0.2) is 0 Å². The molecule has 0 aliphatic rings. The van der Waals surface area contributed by atoms with Gasteiger partial charge in [-0.25, -0.2) is 0 Å². The zero-order valence-electron chi connectivity index (χ0n) is 7.58. The first-order valence-corrected chi connectivity index (χ1v) is 4.31. The second kappa shape index (κ2) is 8.04. The predicted molar refractivity (Wildman–Crippen MR) is 47.2 cm³/mol. The maximum Gasteiger partial charge on any atom is 0.0635 e. The van der Waals surface area contributed by atoms with Crippen LogP contribution < -0.4 is 0 Å². The molecule has 0 heterocycles. The van der Waals surface area contributed by atoms with Crippen LogP contribution in [0, 0.1) is 22.7 Å². The molecule has 0 N–H and O–H groups in total. The summed E-state index contributed by atoms with van der Waals surface area (Å²) in [5, 5.41) is 16.7. The van der Waals surface area contributed by atoms with Crippen molar-refractivity contribution in [2.75, 3.05) is 19.6 Å². The minimum Gasteiger partial charge on any atom is -0.301 e. The van der Waals surface area contributed by atoms with Crippen molar-refractivity contribution in [3.8, 4) is 12.1 Å². The Morgan fingerprint density at radius 2 is 1.50 bits per heavy atom. The molecule has 0 saturated carbocycles. The number of nitrogens with zero attached hydrogens (tertiary/aromatic N) is 3. The first-order chi connectivity index (χ1) is 5.85. The van der Waals surface area contributed by atoms with Gasteiger partial charge in [0.25, 0.3) is 0 Å². The van der Waals surface area contributed by atoms with Crippen molar-refractivity contribution in [1.82, 2.24) is 4.90 Å². The Labute approximate surface area is 74.2 Å². The maximum atomic E-state index is 8.37. The molecule has 0 saturated heterocycles. The molecular formula is C9H15N3. The predicted octanol–water partition coefficient (Wildman–Crippen LogP) is 1.53. The first kappa shape index (κ1) is 10.9. The quantitative estimate of drug-likeness (QED) is 0.599. The molecule has 0 spiro atoms. The second-order valence-corrected chi connectivity index (χ2v) is 2.66. The lowest BCUT2D eigenvalue weighted by Gasteiger charge is -2.18. The molecule has 0 unspecified atom stereocenters. The van der Waals surface area contributed by atoms with Crippen LogP contribution in [-0.4, -0.2) is 24.5 Å². The molecule has 0 atom stereocenters. The van der Waals surface area contributed by atoms with Crippen LogP contribution in [0.1, 0.15) is 26.2 Å². The lowest BCUT2D eigenvalue weighted by atomic mass is 10.3. The van der Waals surface area contributed by atoms with Crippen LogP contribution >= 0.6 is 0 Å². The van der Waals surface area contributed by atoms with Crippen LogP contribution in [0.3, 0.4) is 0 Å². The summed E-state index contributed by atoms with van der Waals surface area (Å²) in [6, 6.07) is 4.22. The molecule has 3 heteroatoms. The summed E-state index contributed by atoms with van der Waals surface area (Å²) in [6.07, 6.45) is 2.20. The van der Waals surface area contributed by atoms with Crippen LogP contribution in [0.4, 0.5) is 0 Å². The molecule has 0 aromatic carbocycles. The highest BCUT2D eigenvalue weighted by Gasteiger charge is 2.01. The molecule has 0 bridgehead atoms. The molecule has 0 amide bonds. The number of hydrogen-bond acceptors (Lipinski definition) is 3. The highest BCUT2D eigenvalue weighted by atomic mass is 15.1. The van der Waals surface area contributed by atoms with E-state index in [9.17, 15) is 0 Å². The standard InChI is InChI=1S/C9H15N3/c1-2-7-12(8-3-5-10)9-4-6-11/h2-4,7-9H2,1H3. The van der Waals surface area contributed by atoms with Crippen molar-refractivity contribution >= 4 is 0 Å². The van der Waals surface area contributed by atoms with E-state index in [0.717, 1.165) is 26.1 Å². The maximum absolute atomic E-state index is 8.37. The van der Waals surface area contributed by atoms with E-state index in [1.165, 1.54) is 0 Å². The highest BCUT2D eigenvalue weighted by molar-refractivity contribution is 4.76. The van der Waals surface area contributed by atoms with Crippen molar-refractivity contribution in [2.45, 2.75) is 26.2 Å². The van der Waals surface area contributed by atoms with E-state index in [1.807, 2.05) is 0 Å². The normalized spacial score (nSPS) is 9.33. The first-order valence-electron chi connectivity index (χ1n) is 4.31. The van der Waals surface area contributed by atoms with Crippen LogP contribution in [0.2, 0.25) is 0 Å². The summed E-state index contributed by atoms with van der Waals surface area (Å²) < 4.78 is 0. The Morgan fingerprint density at radius 3 is 1.83 bits per heavy atom. The van der Waals surface area contributed by atoms with E-state index in [2.05, 4.69) is 24.0 Å². The van der Waals surface area contributed by atoms with Crippen LogP contribution in [-0.2, 0) is 0 Å². The van der Waals surface area contributed by atoms with Gasteiger partial charge in [-0.3, -0.25) is 0 Å². The van der Waals surface area contributed by atoms with E-state index < -0.39 is 0 Å². The van der Waals surface area contributed by atoms with Crippen molar-refractivity contribution in [3.63, 3.8) is 0 Å². The molecule has 0 aromatic rings. The lowest BCUT2D eigenvalue weighted by molar-refractivity contribution is 0.287. The minimum atomic E-state index is 0.561. The second-order valence-electron chi connectivity index (χ2n) is 2.66. The van der Waals surface area contributed by atoms with Gasteiger partial charge in [0, 0.05) is 25.9 Å². The van der Waals surface area contributed by atoms with Gasteiger partial charge in [0.1, 0.15) is 0 Å². The zero-order valence-corrected chi connectivity index (χ0v) is 7.58. The van der Waals surface area contributed by atoms with E-state index >= 15 is 0 Å². The number of hydrogen-bond donors (Lipinski definition) is 0. The van der Waals surface area contributed by atoms with Gasteiger partial charge in [-0.2, -0.15) is 10.5 Å². The van der Waals surface area contributed by atoms with Gasteiger partial charge < -0.3 is 4.90 Å². The van der Waals surface area contributed by atoms with Crippen LogP contribution in [0.25, 0.3) is 0 Å². The third-order valence-corrected chi connectivity index (χ3v) is 1.62. The fraction of sp³-hybridized carbons (Fsp3) is 0.778. The summed E-state index contributed by atoms with van der Waals surface area (Å²) in [4.78, 5) is 2.16. The van der Waals surface area contributed by atoms with Crippen molar-refractivity contribution in [1.29, 1.82) is 10.5 Å². The van der Waals surface area contributed by atoms with Crippen molar-refractivity contribution < 1.29 is 0 Å². The van der Waals surface area contributed by atoms with Gasteiger partial charge in [-0.05, 0) is 13.0 Å². The van der Waals surface area contributed by atoms with Gasteiger partial charge >= 0.3 is 0 Å². The topological polar surface area (TPSA) is 50.8 Å². The summed E-state index contributed by atoms with van der Waals surface area (Å²) in [7, 11) is 0. The Hall–Kier alpha value is -1.06. The van der Waals surface area contributed by atoms with E-state index in [-0.39, 0.29) is 0 Å². The Morgan fingerprint density at radius 1 is 1.00 bits per heavy atom. The Kier molecular flexibility index (Phi) is 7.33. The van der Waals surface area contributed by atoms with E-state index in [0.29, 0.717) is 12.8 Å². The molecule has 66 valence electrons. The monoisotopic (exact) mass is 165 g/mol. The zero-order chi connectivity index (χ0) is 9.23. The molecule has 0 radical (unpaired) electrons. The summed E-state index contributed by atoms with van der Waals surface area (Å²) in [6.45, 7) is 4.69. The van der Waals surface area contributed by atoms with E-state index in [4.69, 9.17) is 10.5 Å². The van der Waals surface area contributed by atoms with Gasteiger partial charge in [-0.1, -0.05) is 6.92 Å². The highest BCUT2D eigenvalue weighted by Crippen LogP contribution is 1.94. The average molecular weight is 165 g/mol. The fourth-order valence-electron chi connectivity index (χ4n) is 1.07. The molecule has 0 aliphatic carbocycles. The smallest absolute Gasteiger partial charge is 0.0635 e. The molecule has 0 aromatic heterocycles. The molecule has 12 heavy (non-hydrogen) atoms. The average Bonchev–Trinajstić information content (AvgIpc) is 2.10. The number of rotatable bonds is 6. The molecule has 0 fully saturated rings. The van der Waals surface area contributed by atoms with Gasteiger partial charge in [-0.15, -0.1) is 0 Å². The lowest BCUT2D eigenvalue weighted by Crippen LogP contribution is -2.26. The Bertz CT molecular complexity index is 157. The largest absolute Gasteiger partial charge is 0.301 e. The van der Waals surface area contributed by atoms with Crippen molar-refractivity contribution in [2.24, 2.45) is 0 Å². The minimum absolute atomic E-state index is 0.561. The molecule has 0 aliphatic heterocycles.